The highest BCUT2D eigenvalue weighted by Crippen LogP contribution is 2.34. The SMILES string of the molecule is Cc1nc(-c2ccc(-c3ccccc3)cc2)nc(-c2ccc(C(C)(C)c3ccc(-c4nc(C)nc(-c5ccc(-c6ccccc6)cc5)n4)cc3)cc2)n1. The molecule has 6 heteroatoms. The first-order chi connectivity index (χ1) is 25.8. The molecule has 0 bridgehead atoms. The van der Waals surface area contributed by atoms with E-state index in [4.69, 9.17) is 19.9 Å². The number of hydrogen-bond acceptors (Lipinski definition) is 6. The Labute approximate surface area is 310 Å². The van der Waals surface area contributed by atoms with E-state index in [-0.39, 0.29) is 5.41 Å². The topological polar surface area (TPSA) is 77.3 Å². The summed E-state index contributed by atoms with van der Waals surface area (Å²) >= 11 is 0. The maximum atomic E-state index is 4.87. The zero-order valence-corrected chi connectivity index (χ0v) is 30.2. The second kappa shape index (κ2) is 14.2. The maximum Gasteiger partial charge on any atom is 0.163 e. The van der Waals surface area contributed by atoms with Crippen LogP contribution in [0.25, 0.3) is 67.8 Å². The molecule has 53 heavy (non-hydrogen) atoms. The quantitative estimate of drug-likeness (QED) is 0.158. The Balaban J connectivity index is 1.00. The fourth-order valence-electron chi connectivity index (χ4n) is 6.60. The van der Waals surface area contributed by atoms with Crippen molar-refractivity contribution in [2.75, 3.05) is 0 Å². The molecule has 0 fully saturated rings. The smallest absolute Gasteiger partial charge is 0.163 e. The number of hydrogen-bond donors (Lipinski definition) is 0. The van der Waals surface area contributed by atoms with Gasteiger partial charge < -0.3 is 0 Å². The Morgan fingerprint density at radius 2 is 0.528 bits per heavy atom. The monoisotopic (exact) mass is 686 g/mol. The van der Waals surface area contributed by atoms with Crippen molar-refractivity contribution in [3.8, 4) is 67.8 Å². The average Bonchev–Trinajstić information content (AvgIpc) is 3.21. The molecule has 0 radical (unpaired) electrons. The van der Waals surface area contributed by atoms with E-state index in [1.165, 1.54) is 22.3 Å². The van der Waals surface area contributed by atoms with Crippen LogP contribution in [0.2, 0.25) is 0 Å². The van der Waals surface area contributed by atoms with Crippen molar-refractivity contribution in [1.82, 2.24) is 29.9 Å². The van der Waals surface area contributed by atoms with E-state index >= 15 is 0 Å². The highest BCUT2D eigenvalue weighted by molar-refractivity contribution is 5.70. The van der Waals surface area contributed by atoms with Crippen LogP contribution in [0.1, 0.15) is 36.6 Å². The third-order valence-corrected chi connectivity index (χ3v) is 9.72. The number of rotatable bonds is 8. The molecule has 0 saturated heterocycles. The lowest BCUT2D eigenvalue weighted by Crippen LogP contribution is -2.18. The van der Waals surface area contributed by atoms with Crippen molar-refractivity contribution in [3.63, 3.8) is 0 Å². The van der Waals surface area contributed by atoms with Gasteiger partial charge in [0, 0.05) is 27.7 Å². The Morgan fingerprint density at radius 1 is 0.283 bits per heavy atom. The number of benzene rings is 6. The first-order valence-corrected chi connectivity index (χ1v) is 17.8. The van der Waals surface area contributed by atoms with Crippen molar-refractivity contribution >= 4 is 0 Å². The Bertz CT molecular complexity index is 2320. The highest BCUT2D eigenvalue weighted by Gasteiger charge is 2.24. The van der Waals surface area contributed by atoms with Crippen molar-refractivity contribution in [3.05, 3.63) is 181 Å². The first-order valence-electron chi connectivity index (χ1n) is 17.8. The fourth-order valence-corrected chi connectivity index (χ4v) is 6.60. The molecule has 2 aromatic heterocycles. The van der Waals surface area contributed by atoms with Gasteiger partial charge in [-0.1, -0.05) is 172 Å². The predicted molar refractivity (Wildman–Crippen MR) is 214 cm³/mol. The van der Waals surface area contributed by atoms with Gasteiger partial charge in [0.1, 0.15) is 11.6 Å². The van der Waals surface area contributed by atoms with Gasteiger partial charge in [0.25, 0.3) is 0 Å². The minimum Gasteiger partial charge on any atom is -0.213 e. The van der Waals surface area contributed by atoms with Crippen molar-refractivity contribution in [2.45, 2.75) is 33.1 Å². The van der Waals surface area contributed by atoms with Crippen LogP contribution in [0.3, 0.4) is 0 Å². The molecule has 8 aromatic rings. The van der Waals surface area contributed by atoms with E-state index in [0.717, 1.165) is 33.4 Å². The third kappa shape index (κ3) is 7.12. The van der Waals surface area contributed by atoms with Gasteiger partial charge >= 0.3 is 0 Å². The van der Waals surface area contributed by atoms with Crippen LogP contribution in [-0.4, -0.2) is 29.9 Å². The molecule has 0 unspecified atom stereocenters. The second-order valence-electron chi connectivity index (χ2n) is 13.7. The summed E-state index contributed by atoms with van der Waals surface area (Å²) in [6, 6.07) is 54.5. The van der Waals surface area contributed by atoms with Crippen LogP contribution in [0.5, 0.6) is 0 Å². The third-order valence-electron chi connectivity index (χ3n) is 9.72. The normalized spacial score (nSPS) is 11.4. The van der Waals surface area contributed by atoms with Crippen molar-refractivity contribution in [2.24, 2.45) is 0 Å². The fraction of sp³-hybridized carbons (Fsp3) is 0.106. The van der Waals surface area contributed by atoms with Gasteiger partial charge in [0.15, 0.2) is 23.3 Å². The van der Waals surface area contributed by atoms with E-state index < -0.39 is 0 Å². The summed E-state index contributed by atoms with van der Waals surface area (Å²) in [6.07, 6.45) is 0. The van der Waals surface area contributed by atoms with Gasteiger partial charge in [-0.15, -0.1) is 0 Å². The zero-order chi connectivity index (χ0) is 36.4. The van der Waals surface area contributed by atoms with E-state index in [2.05, 4.69) is 169 Å². The van der Waals surface area contributed by atoms with Crippen molar-refractivity contribution < 1.29 is 0 Å². The summed E-state index contributed by atoms with van der Waals surface area (Å²) in [5, 5.41) is 0. The summed E-state index contributed by atoms with van der Waals surface area (Å²) < 4.78 is 0. The van der Waals surface area contributed by atoms with Gasteiger partial charge in [-0.25, -0.2) is 29.9 Å². The molecule has 256 valence electrons. The van der Waals surface area contributed by atoms with E-state index in [0.29, 0.717) is 34.9 Å². The Hall–Kier alpha value is -6.66. The summed E-state index contributed by atoms with van der Waals surface area (Å²) in [5.41, 5.74) is 10.6. The molecular weight excluding hydrogens is 649 g/mol. The van der Waals surface area contributed by atoms with Crippen LogP contribution in [-0.2, 0) is 5.41 Å². The second-order valence-corrected chi connectivity index (χ2v) is 13.7. The van der Waals surface area contributed by atoms with Crippen LogP contribution in [0, 0.1) is 13.8 Å². The zero-order valence-electron chi connectivity index (χ0n) is 30.2. The minimum atomic E-state index is -0.252. The van der Waals surface area contributed by atoms with Gasteiger partial charge in [0.05, 0.1) is 0 Å². The highest BCUT2D eigenvalue weighted by atomic mass is 15.0. The van der Waals surface area contributed by atoms with E-state index in [1.807, 2.05) is 26.0 Å². The van der Waals surface area contributed by atoms with E-state index in [9.17, 15) is 0 Å². The number of nitrogens with zero attached hydrogens (tertiary/aromatic N) is 6. The minimum absolute atomic E-state index is 0.252. The lowest BCUT2D eigenvalue weighted by molar-refractivity contribution is 0.641. The summed E-state index contributed by atoms with van der Waals surface area (Å²) in [4.78, 5) is 28.5. The van der Waals surface area contributed by atoms with Crippen molar-refractivity contribution in [1.29, 1.82) is 0 Å². The van der Waals surface area contributed by atoms with Gasteiger partial charge in [-0.05, 0) is 47.2 Å². The molecule has 0 spiro atoms. The molecule has 0 saturated carbocycles. The first kappa shape index (κ1) is 33.5. The molecule has 6 aromatic carbocycles. The predicted octanol–water partition coefficient (Wildman–Crippen LogP) is 11.0. The van der Waals surface area contributed by atoms with E-state index in [1.54, 1.807) is 0 Å². The number of aromatic nitrogens is 6. The molecule has 6 nitrogen and oxygen atoms in total. The average molecular weight is 687 g/mol. The summed E-state index contributed by atoms with van der Waals surface area (Å²) in [7, 11) is 0. The molecule has 8 rings (SSSR count). The Morgan fingerprint density at radius 3 is 0.830 bits per heavy atom. The lowest BCUT2D eigenvalue weighted by atomic mass is 9.77. The Kier molecular flexibility index (Phi) is 8.95. The van der Waals surface area contributed by atoms with Gasteiger partial charge in [-0.2, -0.15) is 0 Å². The van der Waals surface area contributed by atoms with Gasteiger partial charge in [-0.3, -0.25) is 0 Å². The molecule has 0 amide bonds. The lowest BCUT2D eigenvalue weighted by Gasteiger charge is -2.26. The molecule has 0 aliphatic heterocycles. The summed E-state index contributed by atoms with van der Waals surface area (Å²) in [5.74, 6) is 4.02. The molecule has 0 N–H and O–H groups in total. The largest absolute Gasteiger partial charge is 0.213 e. The molecular formula is C47H38N6. The van der Waals surface area contributed by atoms with Crippen LogP contribution >= 0.6 is 0 Å². The van der Waals surface area contributed by atoms with Gasteiger partial charge in [0.2, 0.25) is 0 Å². The molecule has 2 heterocycles. The number of aryl methyl sites for hydroxylation is 2. The van der Waals surface area contributed by atoms with Crippen LogP contribution in [0.4, 0.5) is 0 Å². The molecule has 0 atom stereocenters. The molecule has 0 aliphatic carbocycles. The molecule has 0 aliphatic rings. The standard InChI is InChI=1S/C47H38N6/c1-31-48-43(37-19-15-35(16-20-37)33-11-7-5-8-12-33)52-45(50-31)39-23-27-41(28-24-39)47(3,4)42-29-25-40(26-30-42)46-51-32(2)49-44(53-46)38-21-17-36(18-22-38)34-13-9-6-10-14-34/h5-30H,1-4H3. The maximum absolute atomic E-state index is 4.87. The van der Waals surface area contributed by atoms with Crippen LogP contribution < -0.4 is 0 Å². The van der Waals surface area contributed by atoms with Crippen LogP contribution in [0.15, 0.2) is 158 Å². The summed E-state index contributed by atoms with van der Waals surface area (Å²) in [6.45, 7) is 8.31.